The van der Waals surface area contributed by atoms with Crippen LogP contribution in [0.3, 0.4) is 0 Å². The zero-order chi connectivity index (χ0) is 14.4. The van der Waals surface area contributed by atoms with Gasteiger partial charge >= 0.3 is 0 Å². The molecule has 1 amide bonds. The van der Waals surface area contributed by atoms with E-state index in [4.69, 9.17) is 9.47 Å². The van der Waals surface area contributed by atoms with Crippen LogP contribution in [0, 0.1) is 6.92 Å². The second kappa shape index (κ2) is 4.52. The second-order valence-electron chi connectivity index (χ2n) is 5.33. The summed E-state index contributed by atoms with van der Waals surface area (Å²) in [6.07, 6.45) is 0.946. The highest BCUT2D eigenvalue weighted by atomic mass is 16.5. The fraction of sp³-hybridized carbons (Fsp3) is 0.235. The van der Waals surface area contributed by atoms with Crippen LogP contribution in [0.4, 0.5) is 5.69 Å². The summed E-state index contributed by atoms with van der Waals surface area (Å²) in [6.45, 7) is 2.93. The van der Waals surface area contributed by atoms with Crippen molar-refractivity contribution in [1.82, 2.24) is 0 Å². The maximum atomic E-state index is 11.4. The number of nitrogens with one attached hydrogen (secondary N) is 1. The predicted molar refractivity (Wildman–Crippen MR) is 79.9 cm³/mol. The van der Waals surface area contributed by atoms with Crippen LogP contribution in [-0.4, -0.2) is 19.1 Å². The van der Waals surface area contributed by atoms with Crippen molar-refractivity contribution in [3.05, 3.63) is 41.5 Å². The van der Waals surface area contributed by atoms with Crippen molar-refractivity contribution < 1.29 is 14.3 Å². The first-order valence-corrected chi connectivity index (χ1v) is 7.05. The Morgan fingerprint density at radius 3 is 2.90 bits per heavy atom. The summed E-state index contributed by atoms with van der Waals surface area (Å²) in [5.41, 5.74) is 5.37. The van der Waals surface area contributed by atoms with Gasteiger partial charge in [0.2, 0.25) is 0 Å². The number of hydrogen-bond acceptors (Lipinski definition) is 3. The lowest BCUT2D eigenvalue weighted by molar-refractivity contribution is -0.118. The van der Waals surface area contributed by atoms with Gasteiger partial charge in [0.15, 0.2) is 12.4 Å². The molecule has 2 heterocycles. The molecule has 0 radical (unpaired) electrons. The van der Waals surface area contributed by atoms with Gasteiger partial charge in [-0.25, -0.2) is 0 Å². The van der Waals surface area contributed by atoms with Gasteiger partial charge in [-0.05, 0) is 30.2 Å². The molecule has 0 aliphatic carbocycles. The zero-order valence-corrected chi connectivity index (χ0v) is 11.7. The van der Waals surface area contributed by atoms with Crippen molar-refractivity contribution in [3.63, 3.8) is 0 Å². The first-order chi connectivity index (χ1) is 10.2. The number of fused-ring (bicyclic) bond motifs is 2. The minimum atomic E-state index is -0.112. The number of rotatable bonds is 1. The van der Waals surface area contributed by atoms with Crippen LogP contribution in [0.25, 0.3) is 11.1 Å². The number of para-hydroxylation sites is 1. The first-order valence-electron chi connectivity index (χ1n) is 7.05. The Morgan fingerprint density at radius 1 is 1.10 bits per heavy atom. The molecule has 0 saturated carbocycles. The molecule has 4 nitrogen and oxygen atoms in total. The molecule has 2 aliphatic rings. The minimum absolute atomic E-state index is 0.0666. The van der Waals surface area contributed by atoms with Crippen molar-refractivity contribution in [1.29, 1.82) is 0 Å². The number of benzene rings is 2. The van der Waals surface area contributed by atoms with Crippen molar-refractivity contribution in [3.8, 4) is 22.6 Å². The molecular weight excluding hydrogens is 266 g/mol. The molecule has 0 spiro atoms. The third-order valence-corrected chi connectivity index (χ3v) is 4.09. The smallest absolute Gasteiger partial charge is 0.262 e. The van der Waals surface area contributed by atoms with E-state index in [9.17, 15) is 4.79 Å². The molecule has 4 rings (SSSR count). The van der Waals surface area contributed by atoms with Gasteiger partial charge in [0, 0.05) is 17.5 Å². The fourth-order valence-corrected chi connectivity index (χ4v) is 3.06. The lowest BCUT2D eigenvalue weighted by atomic mass is 9.94. The number of carbonyl (C=O) groups excluding carboxylic acids is 1. The highest BCUT2D eigenvalue weighted by Gasteiger charge is 2.23. The highest BCUT2D eigenvalue weighted by molar-refractivity contribution is 5.98. The molecule has 1 N–H and O–H groups in total. The van der Waals surface area contributed by atoms with Crippen LogP contribution in [0.5, 0.6) is 11.5 Å². The Labute approximate surface area is 122 Å². The van der Waals surface area contributed by atoms with Crippen LogP contribution in [0.15, 0.2) is 30.3 Å². The second-order valence-corrected chi connectivity index (χ2v) is 5.33. The molecule has 0 fully saturated rings. The number of anilines is 1. The highest BCUT2D eigenvalue weighted by Crippen LogP contribution is 2.42. The van der Waals surface area contributed by atoms with Crippen molar-refractivity contribution in [2.75, 3.05) is 18.5 Å². The summed E-state index contributed by atoms with van der Waals surface area (Å²) < 4.78 is 11.3. The van der Waals surface area contributed by atoms with Gasteiger partial charge in [0.1, 0.15) is 5.75 Å². The summed E-state index contributed by atoms with van der Waals surface area (Å²) in [5, 5.41) is 2.85. The monoisotopic (exact) mass is 281 g/mol. The maximum Gasteiger partial charge on any atom is 0.262 e. The molecule has 2 aliphatic heterocycles. The van der Waals surface area contributed by atoms with Gasteiger partial charge in [0.05, 0.1) is 12.3 Å². The molecular formula is C17H15NO3. The molecule has 21 heavy (non-hydrogen) atoms. The molecule has 106 valence electrons. The number of ether oxygens (including phenoxy) is 2. The largest absolute Gasteiger partial charge is 0.493 e. The number of carbonyl (C=O) groups is 1. The van der Waals surface area contributed by atoms with Gasteiger partial charge in [-0.3, -0.25) is 4.79 Å². The first kappa shape index (κ1) is 12.3. The topological polar surface area (TPSA) is 47.6 Å². The van der Waals surface area contributed by atoms with Gasteiger partial charge in [-0.2, -0.15) is 0 Å². The van der Waals surface area contributed by atoms with Crippen LogP contribution >= 0.6 is 0 Å². The molecule has 4 heteroatoms. The molecule has 2 aromatic carbocycles. The van der Waals surface area contributed by atoms with Crippen LogP contribution in [0.1, 0.15) is 11.1 Å². The van der Waals surface area contributed by atoms with Crippen LogP contribution < -0.4 is 14.8 Å². The van der Waals surface area contributed by atoms with Gasteiger partial charge in [-0.15, -0.1) is 0 Å². The molecule has 0 saturated heterocycles. The lowest BCUT2D eigenvalue weighted by Gasteiger charge is -2.22. The third-order valence-electron chi connectivity index (χ3n) is 4.09. The quantitative estimate of drug-likeness (QED) is 0.874. The van der Waals surface area contributed by atoms with E-state index < -0.39 is 0 Å². The van der Waals surface area contributed by atoms with E-state index in [-0.39, 0.29) is 12.5 Å². The maximum absolute atomic E-state index is 11.4. The molecule has 2 aromatic rings. The van der Waals surface area contributed by atoms with E-state index in [0.717, 1.165) is 41.3 Å². The SMILES string of the molecule is Cc1c(-c2cccc3c2OCC(=O)N3)ccc2c1CCO2. The molecule has 0 bridgehead atoms. The van der Waals surface area contributed by atoms with E-state index in [1.54, 1.807) is 0 Å². The standard InChI is InChI=1S/C17H15NO3/c1-10-11(5-6-15-12(10)7-8-20-15)13-3-2-4-14-17(13)21-9-16(19)18-14/h2-6H,7-9H2,1H3,(H,18,19). The summed E-state index contributed by atoms with van der Waals surface area (Å²) in [5.74, 6) is 1.62. The molecule has 0 atom stereocenters. The Balaban J connectivity index is 1.89. The minimum Gasteiger partial charge on any atom is -0.493 e. The van der Waals surface area contributed by atoms with Crippen LogP contribution in [0.2, 0.25) is 0 Å². The fourth-order valence-electron chi connectivity index (χ4n) is 3.06. The Hall–Kier alpha value is -2.49. The average Bonchev–Trinajstić information content (AvgIpc) is 2.96. The van der Waals surface area contributed by atoms with Gasteiger partial charge in [0.25, 0.3) is 5.91 Å². The molecule has 0 unspecified atom stereocenters. The van der Waals surface area contributed by atoms with Crippen LogP contribution in [-0.2, 0) is 11.2 Å². The van der Waals surface area contributed by atoms with E-state index in [0.29, 0.717) is 0 Å². The summed E-state index contributed by atoms with van der Waals surface area (Å²) in [4.78, 5) is 11.4. The summed E-state index contributed by atoms with van der Waals surface area (Å²) >= 11 is 0. The number of amides is 1. The van der Waals surface area contributed by atoms with E-state index in [1.807, 2.05) is 24.3 Å². The van der Waals surface area contributed by atoms with Gasteiger partial charge in [-0.1, -0.05) is 18.2 Å². The van der Waals surface area contributed by atoms with Crippen molar-refractivity contribution in [2.45, 2.75) is 13.3 Å². The predicted octanol–water partition coefficient (Wildman–Crippen LogP) is 2.93. The Bertz CT molecular complexity index is 752. The Kier molecular flexibility index (Phi) is 2.64. The summed E-state index contributed by atoms with van der Waals surface area (Å²) in [6, 6.07) is 9.91. The normalized spacial score (nSPS) is 15.6. The molecule has 0 aromatic heterocycles. The van der Waals surface area contributed by atoms with E-state index in [2.05, 4.69) is 18.3 Å². The summed E-state index contributed by atoms with van der Waals surface area (Å²) in [7, 11) is 0. The number of hydrogen-bond donors (Lipinski definition) is 1. The van der Waals surface area contributed by atoms with Crippen molar-refractivity contribution >= 4 is 11.6 Å². The third kappa shape index (κ3) is 1.87. The van der Waals surface area contributed by atoms with E-state index in [1.165, 1.54) is 11.1 Å². The lowest BCUT2D eigenvalue weighted by Crippen LogP contribution is -2.25. The zero-order valence-electron chi connectivity index (χ0n) is 11.7. The van der Waals surface area contributed by atoms with Crippen molar-refractivity contribution in [2.24, 2.45) is 0 Å². The van der Waals surface area contributed by atoms with Gasteiger partial charge < -0.3 is 14.8 Å². The Morgan fingerprint density at radius 2 is 2.00 bits per heavy atom. The average molecular weight is 281 g/mol. The van der Waals surface area contributed by atoms with E-state index >= 15 is 0 Å².